The van der Waals surface area contributed by atoms with Gasteiger partial charge in [0, 0.05) is 38.6 Å². The lowest BCUT2D eigenvalue weighted by atomic mass is 10.1. The molecule has 2 aromatic rings. The quantitative estimate of drug-likeness (QED) is 0.907. The van der Waals surface area contributed by atoms with Crippen molar-refractivity contribution in [2.24, 2.45) is 0 Å². The van der Waals surface area contributed by atoms with Crippen molar-refractivity contribution in [3.8, 4) is 0 Å². The minimum atomic E-state index is -0.268. The van der Waals surface area contributed by atoms with Crippen LogP contribution in [0.15, 0.2) is 60.8 Å². The molecule has 3 rings (SSSR count). The molecule has 124 valence electrons. The van der Waals surface area contributed by atoms with Gasteiger partial charge < -0.3 is 20.4 Å². The number of carbonyl (C=O) groups excluding carboxylic acids is 1. The maximum Gasteiger partial charge on any atom is 0.254 e. The third-order valence-corrected chi connectivity index (χ3v) is 4.11. The van der Waals surface area contributed by atoms with Gasteiger partial charge in [0.25, 0.3) is 5.91 Å². The highest BCUT2D eigenvalue weighted by Gasteiger charge is 2.24. The van der Waals surface area contributed by atoms with E-state index in [0.717, 1.165) is 16.9 Å². The maximum atomic E-state index is 12.5. The fourth-order valence-corrected chi connectivity index (χ4v) is 2.68. The van der Waals surface area contributed by atoms with E-state index in [1.165, 1.54) is 0 Å². The molecule has 0 spiro atoms. The zero-order chi connectivity index (χ0) is 17.1. The summed E-state index contributed by atoms with van der Waals surface area (Å²) in [6.07, 6.45) is 1.66. The van der Waals surface area contributed by atoms with Gasteiger partial charge in [-0.1, -0.05) is 36.4 Å². The van der Waals surface area contributed by atoms with E-state index < -0.39 is 0 Å². The first kappa shape index (κ1) is 15.9. The molecule has 5 heteroatoms. The molecule has 1 heterocycles. The van der Waals surface area contributed by atoms with E-state index in [-0.39, 0.29) is 12.2 Å². The predicted octanol–water partition coefficient (Wildman–Crippen LogP) is 2.30. The summed E-state index contributed by atoms with van der Waals surface area (Å²) in [6.45, 7) is 0. The Balaban J connectivity index is 1.69. The van der Waals surface area contributed by atoms with Crippen LogP contribution in [-0.4, -0.2) is 38.2 Å². The summed E-state index contributed by atoms with van der Waals surface area (Å²) in [7, 11) is 5.87. The molecule has 24 heavy (non-hydrogen) atoms. The summed E-state index contributed by atoms with van der Waals surface area (Å²) in [6, 6.07) is 17.7. The first-order valence-electron chi connectivity index (χ1n) is 7.89. The van der Waals surface area contributed by atoms with Gasteiger partial charge in [0.2, 0.25) is 0 Å². The molecule has 2 N–H and O–H groups in total. The van der Waals surface area contributed by atoms with Crippen LogP contribution in [0.1, 0.15) is 15.9 Å². The van der Waals surface area contributed by atoms with Crippen molar-refractivity contribution in [3.05, 3.63) is 71.9 Å². The lowest BCUT2D eigenvalue weighted by molar-refractivity contribution is 0.0901. The highest BCUT2D eigenvalue weighted by molar-refractivity contribution is 5.95. The molecule has 0 saturated heterocycles. The molecule has 1 aliphatic rings. The summed E-state index contributed by atoms with van der Waals surface area (Å²) < 4.78 is 0. The lowest BCUT2D eigenvalue weighted by Crippen LogP contribution is -2.49. The predicted molar refractivity (Wildman–Crippen MR) is 97.3 cm³/mol. The zero-order valence-electron chi connectivity index (χ0n) is 14.2. The van der Waals surface area contributed by atoms with Crippen molar-refractivity contribution >= 4 is 17.3 Å². The van der Waals surface area contributed by atoms with Crippen molar-refractivity contribution < 1.29 is 4.79 Å². The number of amides is 1. The van der Waals surface area contributed by atoms with Crippen LogP contribution >= 0.6 is 0 Å². The normalized spacial score (nSPS) is 16.4. The number of nitrogens with one attached hydrogen (secondary N) is 2. The van der Waals surface area contributed by atoms with Gasteiger partial charge in [-0.2, -0.15) is 0 Å². The molecule has 0 aliphatic carbocycles. The third kappa shape index (κ3) is 3.20. The molecule has 0 fully saturated rings. The second-order valence-corrected chi connectivity index (χ2v) is 5.99. The Morgan fingerprint density at radius 2 is 1.88 bits per heavy atom. The average Bonchev–Trinajstić information content (AvgIpc) is 2.96. The lowest BCUT2D eigenvalue weighted by Gasteiger charge is -2.26. The van der Waals surface area contributed by atoms with E-state index in [4.69, 9.17) is 0 Å². The summed E-state index contributed by atoms with van der Waals surface area (Å²) in [5, 5.41) is 6.23. The van der Waals surface area contributed by atoms with Crippen LogP contribution in [0.5, 0.6) is 0 Å². The van der Waals surface area contributed by atoms with Crippen LogP contribution in [0.2, 0.25) is 0 Å². The fourth-order valence-electron chi connectivity index (χ4n) is 2.68. The topological polar surface area (TPSA) is 47.6 Å². The molecule has 0 saturated carbocycles. The number of nitrogens with zero attached hydrogens (tertiary/aromatic N) is 2. The number of rotatable bonds is 4. The molecule has 1 amide bonds. The largest absolute Gasteiger partial charge is 0.378 e. The molecule has 1 unspecified atom stereocenters. The molecular weight excluding hydrogens is 300 g/mol. The molecule has 1 atom stereocenters. The Morgan fingerprint density at radius 3 is 2.58 bits per heavy atom. The van der Waals surface area contributed by atoms with Crippen LogP contribution in [-0.2, 0) is 0 Å². The van der Waals surface area contributed by atoms with Gasteiger partial charge >= 0.3 is 0 Å². The minimum absolute atomic E-state index is 0.106. The Morgan fingerprint density at radius 1 is 1.12 bits per heavy atom. The van der Waals surface area contributed by atoms with E-state index in [2.05, 4.69) is 22.8 Å². The van der Waals surface area contributed by atoms with Crippen molar-refractivity contribution in [1.29, 1.82) is 0 Å². The van der Waals surface area contributed by atoms with Gasteiger partial charge in [-0.05, 0) is 23.8 Å². The summed E-state index contributed by atoms with van der Waals surface area (Å²) in [5.41, 5.74) is 3.80. The first-order valence-corrected chi connectivity index (χ1v) is 7.89. The highest BCUT2D eigenvalue weighted by Crippen LogP contribution is 2.22. The van der Waals surface area contributed by atoms with Crippen LogP contribution in [0.25, 0.3) is 5.70 Å². The summed E-state index contributed by atoms with van der Waals surface area (Å²) >= 11 is 0. The minimum Gasteiger partial charge on any atom is -0.378 e. The number of hydrogen-bond acceptors (Lipinski definition) is 4. The monoisotopic (exact) mass is 322 g/mol. The van der Waals surface area contributed by atoms with Crippen molar-refractivity contribution in [1.82, 2.24) is 15.5 Å². The number of benzene rings is 2. The second kappa shape index (κ2) is 6.66. The fraction of sp³-hybridized carbons (Fsp3) is 0.211. The van der Waals surface area contributed by atoms with E-state index in [0.29, 0.717) is 5.56 Å². The van der Waals surface area contributed by atoms with Crippen molar-refractivity contribution in [2.45, 2.75) is 6.29 Å². The Kier molecular flexibility index (Phi) is 4.42. The van der Waals surface area contributed by atoms with Gasteiger partial charge in [0.15, 0.2) is 6.29 Å². The molecule has 2 aromatic carbocycles. The zero-order valence-corrected chi connectivity index (χ0v) is 14.2. The van der Waals surface area contributed by atoms with Crippen LogP contribution in [0, 0.1) is 0 Å². The second-order valence-electron chi connectivity index (χ2n) is 5.99. The summed E-state index contributed by atoms with van der Waals surface area (Å²) in [4.78, 5) is 16.5. The van der Waals surface area contributed by atoms with Crippen molar-refractivity contribution in [3.63, 3.8) is 0 Å². The smallest absolute Gasteiger partial charge is 0.254 e. The molecule has 0 bridgehead atoms. The van der Waals surface area contributed by atoms with Gasteiger partial charge in [-0.15, -0.1) is 0 Å². The van der Waals surface area contributed by atoms with E-state index in [9.17, 15) is 4.79 Å². The Hall–Kier alpha value is -2.95. The SMILES string of the molecule is CN(C)c1cccc(C(=O)NC2NC=C(c3ccccc3)N2C)c1. The van der Waals surface area contributed by atoms with Gasteiger partial charge in [0.05, 0.1) is 5.70 Å². The molecule has 0 aromatic heterocycles. The Bertz CT molecular complexity index is 755. The third-order valence-electron chi connectivity index (χ3n) is 4.11. The van der Waals surface area contributed by atoms with Crippen molar-refractivity contribution in [2.75, 3.05) is 26.0 Å². The molecule has 0 radical (unpaired) electrons. The number of carbonyl (C=O) groups is 1. The van der Waals surface area contributed by atoms with Gasteiger partial charge in [-0.25, -0.2) is 0 Å². The van der Waals surface area contributed by atoms with Crippen LogP contribution in [0.4, 0.5) is 5.69 Å². The van der Waals surface area contributed by atoms with Crippen LogP contribution in [0.3, 0.4) is 0 Å². The molecular formula is C19H22N4O. The Labute approximate surface area is 142 Å². The average molecular weight is 322 g/mol. The van der Waals surface area contributed by atoms with Gasteiger partial charge in [0.1, 0.15) is 0 Å². The number of anilines is 1. The molecule has 5 nitrogen and oxygen atoms in total. The number of hydrogen-bond donors (Lipinski definition) is 2. The highest BCUT2D eigenvalue weighted by atomic mass is 16.2. The van der Waals surface area contributed by atoms with E-state index >= 15 is 0 Å². The maximum absolute atomic E-state index is 12.5. The first-order chi connectivity index (χ1) is 11.6. The van der Waals surface area contributed by atoms with Crippen LogP contribution < -0.4 is 15.5 Å². The van der Waals surface area contributed by atoms with E-state index in [1.54, 1.807) is 0 Å². The van der Waals surface area contributed by atoms with E-state index in [1.807, 2.05) is 79.6 Å². The molecule has 1 aliphatic heterocycles. The standard InChI is InChI=1S/C19H22N4O/c1-22(2)16-11-7-10-15(12-16)18(24)21-19-20-13-17(23(19)3)14-8-5-4-6-9-14/h4-13,19-20H,1-3H3,(H,21,24). The summed E-state index contributed by atoms with van der Waals surface area (Å²) in [5.74, 6) is -0.106. The van der Waals surface area contributed by atoms with Gasteiger partial charge in [-0.3, -0.25) is 4.79 Å².